The highest BCUT2D eigenvalue weighted by Gasteiger charge is 2.56. The molecule has 2 aliphatic heterocycles. The second-order valence-electron chi connectivity index (χ2n) is 7.74. The smallest absolute Gasteiger partial charge is 0.317 e. The Kier molecular flexibility index (Phi) is 4.53. The number of ether oxygens (including phenoxy) is 1. The van der Waals surface area contributed by atoms with Crippen molar-refractivity contribution in [1.29, 1.82) is 0 Å². The Morgan fingerprint density at radius 3 is 2.78 bits per heavy atom. The first-order valence-electron chi connectivity index (χ1n) is 9.26. The fourth-order valence-electron chi connectivity index (χ4n) is 4.80. The van der Waals surface area contributed by atoms with Gasteiger partial charge in [0.2, 0.25) is 0 Å². The summed E-state index contributed by atoms with van der Waals surface area (Å²) >= 11 is 0. The molecule has 1 aromatic rings. The summed E-state index contributed by atoms with van der Waals surface area (Å²) in [4.78, 5) is 26.1. The fourth-order valence-corrected chi connectivity index (χ4v) is 4.80. The first kappa shape index (κ1) is 18.2. The van der Waals surface area contributed by atoms with Crippen LogP contribution in [0.25, 0.3) is 0 Å². The van der Waals surface area contributed by atoms with Crippen LogP contribution in [0.5, 0.6) is 0 Å². The van der Waals surface area contributed by atoms with Crippen LogP contribution in [0.3, 0.4) is 0 Å². The number of likely N-dealkylation sites (tertiary alicyclic amines) is 1. The van der Waals surface area contributed by atoms with E-state index in [2.05, 4.69) is 5.32 Å². The van der Waals surface area contributed by atoms with Gasteiger partial charge in [0, 0.05) is 19.7 Å². The largest absolute Gasteiger partial charge is 0.481 e. The molecule has 27 heavy (non-hydrogen) atoms. The van der Waals surface area contributed by atoms with Gasteiger partial charge >= 0.3 is 12.0 Å². The molecule has 2 heterocycles. The van der Waals surface area contributed by atoms with Gasteiger partial charge in [-0.15, -0.1) is 0 Å². The van der Waals surface area contributed by atoms with Gasteiger partial charge in [-0.25, -0.2) is 13.6 Å². The summed E-state index contributed by atoms with van der Waals surface area (Å²) in [5.41, 5.74) is -0.361. The number of carboxylic acids is 1. The SMILES string of the molecule is O=C(NC1CCOC1c1ccc(F)c(F)c1)N1C[C@@H]2CCC[C@@]2(C(=O)O)C1. The van der Waals surface area contributed by atoms with E-state index in [0.717, 1.165) is 25.0 Å². The van der Waals surface area contributed by atoms with Gasteiger partial charge in [-0.2, -0.15) is 0 Å². The number of nitrogens with one attached hydrogen (secondary N) is 1. The van der Waals surface area contributed by atoms with Crippen molar-refractivity contribution in [3.05, 3.63) is 35.4 Å². The van der Waals surface area contributed by atoms with Crippen LogP contribution >= 0.6 is 0 Å². The number of amides is 2. The molecular formula is C19H22F2N2O4. The molecule has 0 radical (unpaired) electrons. The molecule has 0 spiro atoms. The highest BCUT2D eigenvalue weighted by molar-refractivity contribution is 5.80. The van der Waals surface area contributed by atoms with Gasteiger partial charge in [0.25, 0.3) is 0 Å². The molecule has 8 heteroatoms. The number of fused-ring (bicyclic) bond motifs is 1. The molecule has 2 amide bonds. The molecule has 0 bridgehead atoms. The lowest BCUT2D eigenvalue weighted by Gasteiger charge is -2.26. The number of hydrogen-bond acceptors (Lipinski definition) is 3. The van der Waals surface area contributed by atoms with Gasteiger partial charge in [-0.1, -0.05) is 12.5 Å². The van der Waals surface area contributed by atoms with Gasteiger partial charge in [0.1, 0.15) is 6.10 Å². The highest BCUT2D eigenvalue weighted by atomic mass is 19.2. The molecule has 6 nitrogen and oxygen atoms in total. The van der Waals surface area contributed by atoms with E-state index in [-0.39, 0.29) is 24.5 Å². The van der Waals surface area contributed by atoms with Crippen LogP contribution in [-0.4, -0.2) is 47.7 Å². The third-order valence-electron chi connectivity index (χ3n) is 6.26. The Morgan fingerprint density at radius 2 is 2.07 bits per heavy atom. The number of carboxylic acid groups (broad SMARTS) is 1. The molecule has 2 unspecified atom stereocenters. The summed E-state index contributed by atoms with van der Waals surface area (Å²) in [6.07, 6.45) is 2.29. The van der Waals surface area contributed by atoms with E-state index in [1.165, 1.54) is 6.07 Å². The number of rotatable bonds is 3. The molecule has 1 aromatic carbocycles. The molecule has 3 aliphatic rings. The third kappa shape index (κ3) is 3.05. The van der Waals surface area contributed by atoms with E-state index < -0.39 is 29.1 Å². The maximum atomic E-state index is 13.5. The topological polar surface area (TPSA) is 78.9 Å². The number of halogens is 2. The van der Waals surface area contributed by atoms with Crippen molar-refractivity contribution in [2.45, 2.75) is 37.8 Å². The zero-order valence-corrected chi connectivity index (χ0v) is 14.8. The number of aliphatic carboxylic acids is 1. The predicted octanol–water partition coefficient (Wildman–Crippen LogP) is 2.69. The monoisotopic (exact) mass is 380 g/mol. The normalized spacial score (nSPS) is 32.5. The summed E-state index contributed by atoms with van der Waals surface area (Å²) in [5.74, 6) is -2.73. The molecule has 4 rings (SSSR count). The third-order valence-corrected chi connectivity index (χ3v) is 6.26. The van der Waals surface area contributed by atoms with Crippen LogP contribution in [0.4, 0.5) is 13.6 Å². The highest BCUT2D eigenvalue weighted by Crippen LogP contribution is 2.48. The number of hydrogen-bond donors (Lipinski definition) is 2. The summed E-state index contributed by atoms with van der Waals surface area (Å²) in [7, 11) is 0. The quantitative estimate of drug-likeness (QED) is 0.845. The predicted molar refractivity (Wildman–Crippen MR) is 91.0 cm³/mol. The molecule has 2 N–H and O–H groups in total. The van der Waals surface area contributed by atoms with E-state index in [4.69, 9.17) is 4.74 Å². The Labute approximate surface area is 155 Å². The summed E-state index contributed by atoms with van der Waals surface area (Å²) < 4.78 is 32.3. The van der Waals surface area contributed by atoms with Crippen LogP contribution in [0, 0.1) is 23.0 Å². The Bertz CT molecular complexity index is 774. The first-order chi connectivity index (χ1) is 12.9. The van der Waals surface area contributed by atoms with Gasteiger partial charge in [0.15, 0.2) is 11.6 Å². The fraction of sp³-hybridized carbons (Fsp3) is 0.579. The lowest BCUT2D eigenvalue weighted by molar-refractivity contribution is -0.149. The average Bonchev–Trinajstić information content (AvgIpc) is 3.31. The van der Waals surface area contributed by atoms with E-state index in [9.17, 15) is 23.5 Å². The number of benzene rings is 1. The molecular weight excluding hydrogens is 358 g/mol. The Morgan fingerprint density at radius 1 is 1.26 bits per heavy atom. The number of carbonyl (C=O) groups excluding carboxylic acids is 1. The summed E-state index contributed by atoms with van der Waals surface area (Å²) in [5, 5.41) is 12.6. The molecule has 3 fully saturated rings. The Balaban J connectivity index is 1.45. The van der Waals surface area contributed by atoms with Gasteiger partial charge in [-0.05, 0) is 42.9 Å². The summed E-state index contributed by atoms with van der Waals surface area (Å²) in [6.45, 7) is 1.04. The van der Waals surface area contributed by atoms with Crippen molar-refractivity contribution in [1.82, 2.24) is 10.2 Å². The van der Waals surface area contributed by atoms with Crippen molar-refractivity contribution >= 4 is 12.0 Å². The van der Waals surface area contributed by atoms with Crippen molar-refractivity contribution < 1.29 is 28.2 Å². The number of nitrogens with zero attached hydrogens (tertiary/aromatic N) is 1. The van der Waals surface area contributed by atoms with E-state index in [1.807, 2.05) is 0 Å². The van der Waals surface area contributed by atoms with Crippen LogP contribution in [0.15, 0.2) is 18.2 Å². The number of carbonyl (C=O) groups is 2. The lowest BCUT2D eigenvalue weighted by Crippen LogP contribution is -2.46. The second kappa shape index (κ2) is 6.74. The van der Waals surface area contributed by atoms with Crippen molar-refractivity contribution in [3.8, 4) is 0 Å². The minimum absolute atomic E-state index is 0.0115. The van der Waals surface area contributed by atoms with Gasteiger partial charge < -0.3 is 20.1 Å². The van der Waals surface area contributed by atoms with Crippen molar-refractivity contribution in [2.24, 2.45) is 11.3 Å². The van der Waals surface area contributed by atoms with Crippen molar-refractivity contribution in [3.63, 3.8) is 0 Å². The van der Waals surface area contributed by atoms with Crippen LogP contribution in [0.2, 0.25) is 0 Å². The molecule has 4 atom stereocenters. The van der Waals surface area contributed by atoms with Gasteiger partial charge in [-0.3, -0.25) is 4.79 Å². The zero-order chi connectivity index (χ0) is 19.2. The first-order valence-corrected chi connectivity index (χ1v) is 9.26. The minimum Gasteiger partial charge on any atom is -0.481 e. The molecule has 0 aromatic heterocycles. The average molecular weight is 380 g/mol. The van der Waals surface area contributed by atoms with Gasteiger partial charge in [0.05, 0.1) is 11.5 Å². The summed E-state index contributed by atoms with van der Waals surface area (Å²) in [6, 6.07) is 2.89. The number of urea groups is 1. The molecule has 146 valence electrons. The minimum atomic E-state index is -0.955. The Hall–Kier alpha value is -2.22. The standard InChI is InChI=1S/C19H22F2N2O4/c20-13-4-3-11(8-14(13)21)16-15(5-7-27-16)22-18(26)23-9-12-2-1-6-19(12,10-23)17(24)25/h3-4,8,12,15-16H,1-2,5-7,9-10H2,(H,22,26)(H,24,25)/t12-,15?,16?,19+/m0/s1. The lowest BCUT2D eigenvalue weighted by atomic mass is 9.81. The molecule has 1 saturated carbocycles. The van der Waals surface area contributed by atoms with Crippen LogP contribution in [0.1, 0.15) is 37.4 Å². The molecule has 1 aliphatic carbocycles. The molecule has 2 saturated heterocycles. The van der Waals surface area contributed by atoms with E-state index >= 15 is 0 Å². The zero-order valence-electron chi connectivity index (χ0n) is 14.8. The second-order valence-corrected chi connectivity index (χ2v) is 7.74. The van der Waals surface area contributed by atoms with Crippen LogP contribution in [-0.2, 0) is 9.53 Å². The maximum absolute atomic E-state index is 13.5. The van der Waals surface area contributed by atoms with E-state index in [0.29, 0.717) is 31.6 Å². The maximum Gasteiger partial charge on any atom is 0.317 e. The van der Waals surface area contributed by atoms with E-state index in [1.54, 1.807) is 4.90 Å². The van der Waals surface area contributed by atoms with Crippen LogP contribution < -0.4 is 5.32 Å². The van der Waals surface area contributed by atoms with Crippen molar-refractivity contribution in [2.75, 3.05) is 19.7 Å².